The molecule has 0 bridgehead atoms. The zero-order valence-corrected chi connectivity index (χ0v) is 14.4. The average Bonchev–Trinajstić information content (AvgIpc) is 2.79. The van der Waals surface area contributed by atoms with Crippen molar-refractivity contribution >= 4 is 18.1 Å². The first-order valence-corrected chi connectivity index (χ1v) is 8.15. The molecule has 4 nitrogen and oxygen atoms in total. The summed E-state index contributed by atoms with van der Waals surface area (Å²) in [5, 5.41) is 0. The highest BCUT2D eigenvalue weighted by Gasteiger charge is 2.18. The van der Waals surface area contributed by atoms with E-state index in [9.17, 15) is 4.79 Å². The SMILES string of the molecule is COc1cc2c(cc1OC)CC(=O)N(C/C=C/c1ccccc1)C=C2. The zero-order chi connectivity index (χ0) is 17.6. The Morgan fingerprint density at radius 2 is 1.80 bits per heavy atom. The van der Waals surface area contributed by atoms with E-state index in [1.165, 1.54) is 0 Å². The van der Waals surface area contributed by atoms with Crippen molar-refractivity contribution in [2.75, 3.05) is 20.8 Å². The van der Waals surface area contributed by atoms with Crippen LogP contribution in [0.25, 0.3) is 12.2 Å². The molecule has 0 unspecified atom stereocenters. The van der Waals surface area contributed by atoms with Crippen molar-refractivity contribution in [1.29, 1.82) is 0 Å². The summed E-state index contributed by atoms with van der Waals surface area (Å²) in [5.41, 5.74) is 3.03. The van der Waals surface area contributed by atoms with Crippen molar-refractivity contribution < 1.29 is 14.3 Å². The zero-order valence-electron chi connectivity index (χ0n) is 14.4. The summed E-state index contributed by atoms with van der Waals surface area (Å²) in [5.74, 6) is 1.36. The minimum absolute atomic E-state index is 0.0555. The van der Waals surface area contributed by atoms with Crippen molar-refractivity contribution in [2.45, 2.75) is 6.42 Å². The van der Waals surface area contributed by atoms with Crippen LogP contribution < -0.4 is 9.47 Å². The van der Waals surface area contributed by atoms with Crippen LogP contribution in [0, 0.1) is 0 Å². The smallest absolute Gasteiger partial charge is 0.231 e. The molecule has 1 amide bonds. The highest BCUT2D eigenvalue weighted by molar-refractivity contribution is 5.84. The Morgan fingerprint density at radius 3 is 2.52 bits per heavy atom. The highest BCUT2D eigenvalue weighted by atomic mass is 16.5. The predicted molar refractivity (Wildman–Crippen MR) is 99.5 cm³/mol. The van der Waals surface area contributed by atoms with Crippen LogP contribution in [0.15, 0.2) is 54.7 Å². The number of rotatable bonds is 5. The van der Waals surface area contributed by atoms with Gasteiger partial charge in [0.15, 0.2) is 11.5 Å². The van der Waals surface area contributed by atoms with Crippen LogP contribution in [0.1, 0.15) is 16.7 Å². The van der Waals surface area contributed by atoms with Gasteiger partial charge in [-0.25, -0.2) is 0 Å². The Morgan fingerprint density at radius 1 is 1.08 bits per heavy atom. The molecule has 1 aliphatic heterocycles. The van der Waals surface area contributed by atoms with Gasteiger partial charge in [0.25, 0.3) is 0 Å². The van der Waals surface area contributed by atoms with E-state index < -0.39 is 0 Å². The Kier molecular flexibility index (Phi) is 5.19. The van der Waals surface area contributed by atoms with E-state index in [4.69, 9.17) is 9.47 Å². The molecule has 25 heavy (non-hydrogen) atoms. The molecule has 0 aromatic heterocycles. The number of benzene rings is 2. The minimum atomic E-state index is 0.0555. The molecule has 0 fully saturated rings. The molecule has 128 valence electrons. The summed E-state index contributed by atoms with van der Waals surface area (Å²) in [6.07, 6.45) is 8.12. The average molecular weight is 335 g/mol. The molecule has 0 saturated heterocycles. The third-order valence-corrected chi connectivity index (χ3v) is 4.15. The number of hydrogen-bond donors (Lipinski definition) is 0. The summed E-state index contributed by atoms with van der Waals surface area (Å²) in [6, 6.07) is 13.8. The number of nitrogens with zero attached hydrogens (tertiary/aromatic N) is 1. The maximum Gasteiger partial charge on any atom is 0.231 e. The Hall–Kier alpha value is -3.01. The first-order valence-electron chi connectivity index (χ1n) is 8.15. The minimum Gasteiger partial charge on any atom is -0.493 e. The fraction of sp³-hybridized carbons (Fsp3) is 0.190. The van der Waals surface area contributed by atoms with Crippen molar-refractivity contribution in [3.63, 3.8) is 0 Å². The molecule has 2 aromatic rings. The first kappa shape index (κ1) is 16.8. The molecule has 0 radical (unpaired) electrons. The van der Waals surface area contributed by atoms with Gasteiger partial charge in [-0.3, -0.25) is 4.79 Å². The molecule has 1 aliphatic rings. The standard InChI is InChI=1S/C21H21NO3/c1-24-19-13-17-10-12-22(11-6-9-16-7-4-3-5-8-16)21(23)15-18(17)14-20(19)25-2/h3-10,12-14H,11,15H2,1-2H3/b9-6+. The lowest BCUT2D eigenvalue weighted by Crippen LogP contribution is -2.26. The van der Waals surface area contributed by atoms with E-state index in [2.05, 4.69) is 0 Å². The van der Waals surface area contributed by atoms with Crippen LogP contribution in [0.5, 0.6) is 11.5 Å². The van der Waals surface area contributed by atoms with Gasteiger partial charge >= 0.3 is 0 Å². The van der Waals surface area contributed by atoms with E-state index in [1.54, 1.807) is 19.1 Å². The largest absolute Gasteiger partial charge is 0.493 e. The topological polar surface area (TPSA) is 38.8 Å². The second-order valence-corrected chi connectivity index (χ2v) is 5.76. The predicted octanol–water partition coefficient (Wildman–Crippen LogP) is 3.77. The van der Waals surface area contributed by atoms with E-state index in [0.29, 0.717) is 24.5 Å². The molecule has 0 N–H and O–H groups in total. The van der Waals surface area contributed by atoms with Gasteiger partial charge in [-0.15, -0.1) is 0 Å². The van der Waals surface area contributed by atoms with Crippen LogP contribution in [-0.4, -0.2) is 31.6 Å². The number of ether oxygens (including phenoxy) is 2. The van der Waals surface area contributed by atoms with Crippen LogP contribution in [0.4, 0.5) is 0 Å². The summed E-state index contributed by atoms with van der Waals surface area (Å²) in [7, 11) is 3.20. The van der Waals surface area contributed by atoms with Gasteiger partial charge in [-0.1, -0.05) is 42.5 Å². The van der Waals surface area contributed by atoms with Crippen molar-refractivity contribution in [3.05, 3.63) is 71.4 Å². The van der Waals surface area contributed by atoms with E-state index in [0.717, 1.165) is 16.7 Å². The lowest BCUT2D eigenvalue weighted by atomic mass is 10.0. The molecule has 2 aromatic carbocycles. The van der Waals surface area contributed by atoms with Gasteiger partial charge in [-0.2, -0.15) is 0 Å². The summed E-state index contributed by atoms with van der Waals surface area (Å²) in [6.45, 7) is 0.534. The molecule has 3 rings (SSSR count). The monoisotopic (exact) mass is 335 g/mol. The van der Waals surface area contributed by atoms with Crippen LogP contribution in [0.2, 0.25) is 0 Å². The summed E-state index contributed by atoms with van der Waals surface area (Å²) >= 11 is 0. The molecular weight excluding hydrogens is 314 g/mol. The second-order valence-electron chi connectivity index (χ2n) is 5.76. The lowest BCUT2D eigenvalue weighted by Gasteiger charge is -2.15. The second kappa shape index (κ2) is 7.71. The molecular formula is C21H21NO3. The van der Waals surface area contributed by atoms with Crippen molar-refractivity contribution in [2.24, 2.45) is 0 Å². The Balaban J connectivity index is 1.77. The number of carbonyl (C=O) groups is 1. The van der Waals surface area contributed by atoms with Crippen LogP contribution in [0.3, 0.4) is 0 Å². The number of amides is 1. The summed E-state index contributed by atoms with van der Waals surface area (Å²) in [4.78, 5) is 14.3. The van der Waals surface area contributed by atoms with E-state index in [-0.39, 0.29) is 5.91 Å². The van der Waals surface area contributed by atoms with Gasteiger partial charge in [0, 0.05) is 12.7 Å². The molecule has 0 saturated carbocycles. The molecule has 0 atom stereocenters. The van der Waals surface area contributed by atoms with Gasteiger partial charge < -0.3 is 14.4 Å². The number of fused-ring (bicyclic) bond motifs is 1. The normalized spacial score (nSPS) is 13.7. The lowest BCUT2D eigenvalue weighted by molar-refractivity contribution is -0.127. The molecule has 1 heterocycles. The van der Waals surface area contributed by atoms with E-state index >= 15 is 0 Å². The summed E-state index contributed by atoms with van der Waals surface area (Å²) < 4.78 is 10.7. The molecule has 4 heteroatoms. The van der Waals surface area contributed by atoms with Gasteiger partial charge in [0.05, 0.1) is 20.6 Å². The van der Waals surface area contributed by atoms with Gasteiger partial charge in [-0.05, 0) is 34.9 Å². The number of hydrogen-bond acceptors (Lipinski definition) is 3. The fourth-order valence-corrected chi connectivity index (χ4v) is 2.79. The van der Waals surface area contributed by atoms with Gasteiger partial charge in [0.2, 0.25) is 5.91 Å². The first-order chi connectivity index (χ1) is 12.2. The number of carbonyl (C=O) groups excluding carboxylic acids is 1. The molecule has 0 spiro atoms. The maximum atomic E-state index is 12.5. The Bertz CT molecular complexity index is 809. The maximum absolute atomic E-state index is 12.5. The fourth-order valence-electron chi connectivity index (χ4n) is 2.79. The Labute approximate surface area is 148 Å². The van der Waals surface area contributed by atoms with Crippen LogP contribution in [-0.2, 0) is 11.2 Å². The van der Waals surface area contributed by atoms with Crippen molar-refractivity contribution in [1.82, 2.24) is 4.90 Å². The third-order valence-electron chi connectivity index (χ3n) is 4.15. The van der Waals surface area contributed by atoms with Crippen molar-refractivity contribution in [3.8, 4) is 11.5 Å². The quantitative estimate of drug-likeness (QED) is 0.835. The third kappa shape index (κ3) is 3.91. The van der Waals surface area contributed by atoms with E-state index in [1.807, 2.05) is 66.9 Å². The van der Waals surface area contributed by atoms with Crippen LogP contribution >= 0.6 is 0 Å². The highest BCUT2D eigenvalue weighted by Crippen LogP contribution is 2.32. The number of methoxy groups -OCH3 is 2. The van der Waals surface area contributed by atoms with Gasteiger partial charge in [0.1, 0.15) is 0 Å². The molecule has 0 aliphatic carbocycles.